The van der Waals surface area contributed by atoms with Crippen LogP contribution in [0.25, 0.3) is 0 Å². The third kappa shape index (κ3) is 3.86. The summed E-state index contributed by atoms with van der Waals surface area (Å²) in [6.07, 6.45) is 0. The van der Waals surface area contributed by atoms with Gasteiger partial charge in [0.1, 0.15) is 4.90 Å². The van der Waals surface area contributed by atoms with Crippen LogP contribution in [0.2, 0.25) is 0 Å². The van der Waals surface area contributed by atoms with Gasteiger partial charge in [-0.2, -0.15) is 4.31 Å². The van der Waals surface area contributed by atoms with Crippen LogP contribution in [0, 0.1) is 15.9 Å². The topological polar surface area (TPSA) is 110 Å². The maximum Gasteiger partial charge on any atom is 0.274 e. The number of halogens is 1. The van der Waals surface area contributed by atoms with Gasteiger partial charge in [-0.05, 0) is 14.1 Å². The summed E-state index contributed by atoms with van der Waals surface area (Å²) >= 11 is 0. The Balaban J connectivity index is 3.23. The van der Waals surface area contributed by atoms with E-state index in [2.05, 4.69) is 0 Å². The van der Waals surface area contributed by atoms with Gasteiger partial charge in [-0.1, -0.05) is 0 Å². The van der Waals surface area contributed by atoms with E-state index in [4.69, 9.17) is 5.73 Å². The van der Waals surface area contributed by atoms with Crippen LogP contribution in [0.5, 0.6) is 0 Å². The first-order valence-corrected chi connectivity index (χ1v) is 7.36. The Bertz CT molecular complexity index is 625. The maximum atomic E-state index is 13.9. The molecule has 0 saturated heterocycles. The first-order valence-electron chi connectivity index (χ1n) is 5.92. The normalized spacial score (nSPS) is 12.1. The van der Waals surface area contributed by atoms with Gasteiger partial charge < -0.3 is 10.6 Å². The zero-order valence-electron chi connectivity index (χ0n) is 11.9. The van der Waals surface area contributed by atoms with Gasteiger partial charge in [0, 0.05) is 26.2 Å². The minimum absolute atomic E-state index is 0.130. The standard InChI is InChI=1S/C11H17FN4O4S/c1-14(2)4-5-15(3)21(19,20)11-9(12)6-8(16(17)18)7-10(11)13/h6-7H,4-5,13H2,1-3H3. The summed E-state index contributed by atoms with van der Waals surface area (Å²) in [6, 6.07) is 1.37. The zero-order valence-corrected chi connectivity index (χ0v) is 12.7. The van der Waals surface area contributed by atoms with E-state index >= 15 is 0 Å². The minimum Gasteiger partial charge on any atom is -0.397 e. The Morgan fingerprint density at radius 1 is 1.29 bits per heavy atom. The molecule has 1 aromatic rings. The predicted octanol–water partition coefficient (Wildman–Crippen LogP) is 0.498. The van der Waals surface area contributed by atoms with Gasteiger partial charge in [-0.3, -0.25) is 10.1 Å². The fourth-order valence-electron chi connectivity index (χ4n) is 1.59. The van der Waals surface area contributed by atoms with Crippen LogP contribution in [-0.2, 0) is 10.0 Å². The molecule has 10 heteroatoms. The number of nitro groups is 1. The maximum absolute atomic E-state index is 13.9. The molecule has 8 nitrogen and oxygen atoms in total. The highest BCUT2D eigenvalue weighted by atomic mass is 32.2. The second-order valence-electron chi connectivity index (χ2n) is 4.73. The first kappa shape index (κ1) is 17.3. The second-order valence-corrected chi connectivity index (χ2v) is 6.71. The number of anilines is 1. The average molecular weight is 320 g/mol. The Morgan fingerprint density at radius 2 is 1.86 bits per heavy atom. The number of benzene rings is 1. The van der Waals surface area contributed by atoms with Gasteiger partial charge >= 0.3 is 0 Å². The summed E-state index contributed by atoms with van der Waals surface area (Å²) in [5.74, 6) is -1.24. The first-order chi connectivity index (χ1) is 9.57. The molecule has 0 heterocycles. The SMILES string of the molecule is CN(C)CCN(C)S(=O)(=O)c1c(N)cc([N+](=O)[O-])cc1F. The van der Waals surface area contributed by atoms with Crippen molar-refractivity contribution in [3.63, 3.8) is 0 Å². The van der Waals surface area contributed by atoms with Crippen molar-refractivity contribution in [2.75, 3.05) is 40.0 Å². The Labute approximate surface area is 122 Å². The molecule has 0 aliphatic heterocycles. The number of hydrogen-bond donors (Lipinski definition) is 1. The molecule has 0 aliphatic carbocycles. The van der Waals surface area contributed by atoms with Gasteiger partial charge in [-0.15, -0.1) is 0 Å². The molecule has 0 radical (unpaired) electrons. The van der Waals surface area contributed by atoms with Gasteiger partial charge in [0.25, 0.3) is 5.69 Å². The zero-order chi connectivity index (χ0) is 16.4. The van der Waals surface area contributed by atoms with E-state index in [9.17, 15) is 22.9 Å². The van der Waals surface area contributed by atoms with Gasteiger partial charge in [0.05, 0.1) is 16.7 Å². The molecule has 0 spiro atoms. The van der Waals surface area contributed by atoms with Crippen molar-refractivity contribution in [3.8, 4) is 0 Å². The molecule has 0 fully saturated rings. The summed E-state index contributed by atoms with van der Waals surface area (Å²) in [5, 5.41) is 10.6. The molecular weight excluding hydrogens is 303 g/mol. The van der Waals surface area contributed by atoms with Crippen LogP contribution < -0.4 is 5.73 Å². The van der Waals surface area contributed by atoms with E-state index < -0.39 is 37.0 Å². The Kier molecular flexibility index (Phi) is 5.20. The van der Waals surface area contributed by atoms with Crippen molar-refractivity contribution in [1.82, 2.24) is 9.21 Å². The van der Waals surface area contributed by atoms with Crippen molar-refractivity contribution in [1.29, 1.82) is 0 Å². The largest absolute Gasteiger partial charge is 0.397 e. The Morgan fingerprint density at radius 3 is 2.29 bits per heavy atom. The van der Waals surface area contributed by atoms with Crippen molar-refractivity contribution >= 4 is 21.4 Å². The lowest BCUT2D eigenvalue weighted by molar-refractivity contribution is -0.385. The average Bonchev–Trinajstić information content (AvgIpc) is 2.34. The number of nitrogens with two attached hydrogens (primary N) is 1. The smallest absolute Gasteiger partial charge is 0.274 e. The molecule has 1 aromatic carbocycles. The van der Waals surface area contributed by atoms with Crippen molar-refractivity contribution in [2.24, 2.45) is 0 Å². The number of sulfonamides is 1. The molecule has 0 atom stereocenters. The van der Waals surface area contributed by atoms with Gasteiger partial charge in [-0.25, -0.2) is 12.8 Å². The quantitative estimate of drug-likeness (QED) is 0.464. The summed E-state index contributed by atoms with van der Waals surface area (Å²) < 4.78 is 39.4. The highest BCUT2D eigenvalue weighted by Crippen LogP contribution is 2.29. The third-order valence-electron chi connectivity index (χ3n) is 2.80. The summed E-state index contributed by atoms with van der Waals surface area (Å²) in [4.78, 5) is 10.8. The van der Waals surface area contributed by atoms with Gasteiger partial charge in [0.2, 0.25) is 10.0 Å². The molecule has 0 bridgehead atoms. The van der Waals surface area contributed by atoms with Crippen molar-refractivity contribution < 1.29 is 17.7 Å². The van der Waals surface area contributed by atoms with E-state index in [0.29, 0.717) is 12.6 Å². The van der Waals surface area contributed by atoms with E-state index in [-0.39, 0.29) is 6.54 Å². The number of non-ortho nitro benzene ring substituents is 1. The molecule has 0 aliphatic rings. The van der Waals surface area contributed by atoms with Crippen molar-refractivity contribution in [3.05, 3.63) is 28.1 Å². The summed E-state index contributed by atoms with van der Waals surface area (Å²) in [7, 11) is 0.667. The number of nitrogens with zero attached hydrogens (tertiary/aromatic N) is 3. The molecule has 0 aromatic heterocycles. The number of likely N-dealkylation sites (N-methyl/N-ethyl adjacent to an activating group) is 2. The fraction of sp³-hybridized carbons (Fsp3) is 0.455. The van der Waals surface area contributed by atoms with Crippen LogP contribution in [0.3, 0.4) is 0 Å². The van der Waals surface area contributed by atoms with E-state index in [0.717, 1.165) is 10.4 Å². The predicted molar refractivity (Wildman–Crippen MR) is 75.8 cm³/mol. The minimum atomic E-state index is -4.15. The van der Waals surface area contributed by atoms with Crippen LogP contribution in [0.4, 0.5) is 15.8 Å². The molecule has 118 valence electrons. The second kappa shape index (κ2) is 6.33. The number of nitro benzene ring substituents is 1. The lowest BCUT2D eigenvalue weighted by Gasteiger charge is -2.20. The van der Waals surface area contributed by atoms with E-state index in [1.807, 2.05) is 0 Å². The highest BCUT2D eigenvalue weighted by molar-refractivity contribution is 7.89. The molecule has 2 N–H and O–H groups in total. The molecular formula is C11H17FN4O4S. The van der Waals surface area contributed by atoms with E-state index in [1.165, 1.54) is 7.05 Å². The number of hydrogen-bond acceptors (Lipinski definition) is 6. The summed E-state index contributed by atoms with van der Waals surface area (Å²) in [5.41, 5.74) is 4.39. The molecule has 0 unspecified atom stereocenters. The molecule has 0 saturated carbocycles. The molecule has 1 rings (SSSR count). The monoisotopic (exact) mass is 320 g/mol. The van der Waals surface area contributed by atoms with Crippen molar-refractivity contribution in [2.45, 2.75) is 4.90 Å². The molecule has 21 heavy (non-hydrogen) atoms. The van der Waals surface area contributed by atoms with Crippen LogP contribution in [0.1, 0.15) is 0 Å². The Hall–Kier alpha value is -1.78. The number of rotatable bonds is 6. The van der Waals surface area contributed by atoms with Gasteiger partial charge in [0.15, 0.2) is 5.82 Å². The van der Waals surface area contributed by atoms with Crippen LogP contribution in [-0.4, -0.2) is 56.8 Å². The fourth-order valence-corrected chi connectivity index (χ4v) is 2.89. The lowest BCUT2D eigenvalue weighted by Crippen LogP contribution is -2.34. The lowest BCUT2D eigenvalue weighted by atomic mass is 10.3. The third-order valence-corrected chi connectivity index (χ3v) is 4.75. The van der Waals surface area contributed by atoms with Crippen LogP contribution in [0.15, 0.2) is 17.0 Å². The highest BCUT2D eigenvalue weighted by Gasteiger charge is 2.29. The molecule has 0 amide bonds. The number of nitrogen functional groups attached to an aromatic ring is 1. The van der Waals surface area contributed by atoms with E-state index in [1.54, 1.807) is 19.0 Å². The summed E-state index contributed by atoms with van der Waals surface area (Å²) in [6.45, 7) is 0.565. The van der Waals surface area contributed by atoms with Crippen LogP contribution >= 0.6 is 0 Å².